The zero-order valence-corrected chi connectivity index (χ0v) is 24.8. The number of hydrogen-bond donors (Lipinski definition) is 0. The van der Waals surface area contributed by atoms with Gasteiger partial charge in [0.2, 0.25) is 0 Å². The van der Waals surface area contributed by atoms with Crippen molar-refractivity contribution in [2.75, 3.05) is 4.90 Å². The van der Waals surface area contributed by atoms with Gasteiger partial charge in [-0.2, -0.15) is 0 Å². The van der Waals surface area contributed by atoms with Crippen LogP contribution in [0.1, 0.15) is 0 Å². The highest BCUT2D eigenvalue weighted by Gasteiger charge is 2.15. The van der Waals surface area contributed by atoms with Crippen molar-refractivity contribution in [2.24, 2.45) is 0 Å². The molecular formula is C40H25NS2. The van der Waals surface area contributed by atoms with Crippen molar-refractivity contribution in [3.63, 3.8) is 0 Å². The lowest BCUT2D eigenvalue weighted by Crippen LogP contribution is -2.09. The van der Waals surface area contributed by atoms with Crippen molar-refractivity contribution < 1.29 is 0 Å². The average Bonchev–Trinajstić information content (AvgIpc) is 3.64. The van der Waals surface area contributed by atoms with E-state index in [1.165, 1.54) is 62.2 Å². The van der Waals surface area contributed by atoms with E-state index >= 15 is 0 Å². The second-order valence-corrected chi connectivity index (χ2v) is 13.1. The summed E-state index contributed by atoms with van der Waals surface area (Å²) in [6.45, 7) is 0. The molecule has 0 fully saturated rings. The van der Waals surface area contributed by atoms with Gasteiger partial charge in [-0.05, 0) is 82.6 Å². The van der Waals surface area contributed by atoms with E-state index in [1.54, 1.807) is 0 Å². The maximum absolute atomic E-state index is 2.37. The Morgan fingerprint density at radius 2 is 0.953 bits per heavy atom. The third-order valence-electron chi connectivity index (χ3n) is 8.45. The van der Waals surface area contributed by atoms with Gasteiger partial charge >= 0.3 is 0 Å². The first-order chi connectivity index (χ1) is 21.3. The van der Waals surface area contributed by atoms with Gasteiger partial charge in [-0.1, -0.05) is 91.0 Å². The molecule has 0 spiro atoms. The van der Waals surface area contributed by atoms with E-state index in [0.29, 0.717) is 0 Å². The SMILES string of the molecule is c1ccc(N(c2ccc(-c3ccc4ccc5sc6ccccc6c5c4c3)cc2)c2ccc3c(c2)sc2ccccc23)cc1. The largest absolute Gasteiger partial charge is 0.310 e. The third kappa shape index (κ3) is 4.04. The first-order valence-corrected chi connectivity index (χ1v) is 16.1. The predicted molar refractivity (Wildman–Crippen MR) is 190 cm³/mol. The quantitative estimate of drug-likeness (QED) is 0.199. The first kappa shape index (κ1) is 24.6. The van der Waals surface area contributed by atoms with Gasteiger partial charge in [-0.15, -0.1) is 22.7 Å². The zero-order chi connectivity index (χ0) is 28.3. The lowest BCUT2D eigenvalue weighted by molar-refractivity contribution is 1.29. The van der Waals surface area contributed by atoms with Crippen molar-refractivity contribution in [1.29, 1.82) is 0 Å². The van der Waals surface area contributed by atoms with E-state index in [0.717, 1.165) is 17.1 Å². The third-order valence-corrected chi connectivity index (χ3v) is 10.7. The van der Waals surface area contributed by atoms with E-state index in [1.807, 2.05) is 22.7 Å². The molecule has 9 aromatic rings. The number of rotatable bonds is 4. The normalized spacial score (nSPS) is 11.7. The van der Waals surface area contributed by atoms with Gasteiger partial charge in [-0.25, -0.2) is 0 Å². The van der Waals surface area contributed by atoms with Crippen LogP contribution in [0.15, 0.2) is 152 Å². The van der Waals surface area contributed by atoms with Gasteiger partial charge in [0.25, 0.3) is 0 Å². The molecule has 0 bridgehead atoms. The Morgan fingerprint density at radius 1 is 0.349 bits per heavy atom. The molecule has 2 aromatic heterocycles. The van der Waals surface area contributed by atoms with Gasteiger partial charge in [0, 0.05) is 57.4 Å². The van der Waals surface area contributed by atoms with Gasteiger partial charge in [0.15, 0.2) is 0 Å². The Kier molecular flexibility index (Phi) is 5.62. The second-order valence-electron chi connectivity index (χ2n) is 11.0. The molecule has 0 N–H and O–H groups in total. The van der Waals surface area contributed by atoms with Crippen LogP contribution in [-0.4, -0.2) is 0 Å². The minimum absolute atomic E-state index is 1.14. The van der Waals surface area contributed by atoms with Crippen LogP contribution in [0, 0.1) is 0 Å². The zero-order valence-electron chi connectivity index (χ0n) is 23.2. The molecular weight excluding hydrogens is 559 g/mol. The molecule has 43 heavy (non-hydrogen) atoms. The summed E-state index contributed by atoms with van der Waals surface area (Å²) in [5.41, 5.74) is 5.90. The van der Waals surface area contributed by atoms with Crippen LogP contribution in [0.5, 0.6) is 0 Å². The van der Waals surface area contributed by atoms with Crippen LogP contribution in [0.2, 0.25) is 0 Å². The Labute approximate surface area is 257 Å². The standard InChI is InChI=1S/C40H25NS2/c1-2-8-29(9-3-1)41(31-21-22-33-32-10-4-6-12-36(32)43-39(33)25-31)30-19-16-26(17-20-30)28-15-14-27-18-23-38-40(35(27)24-28)34-11-5-7-13-37(34)42-38/h1-25H. The molecule has 0 unspecified atom stereocenters. The fourth-order valence-corrected chi connectivity index (χ4v) is 8.66. The summed E-state index contributed by atoms with van der Waals surface area (Å²) in [5.74, 6) is 0. The molecule has 0 saturated carbocycles. The van der Waals surface area contributed by atoms with Crippen LogP contribution in [0.4, 0.5) is 17.1 Å². The van der Waals surface area contributed by atoms with E-state index in [-0.39, 0.29) is 0 Å². The summed E-state index contributed by atoms with van der Waals surface area (Å²) in [7, 11) is 0. The van der Waals surface area contributed by atoms with Crippen molar-refractivity contribution in [1.82, 2.24) is 0 Å². The molecule has 0 aliphatic carbocycles. The number of fused-ring (bicyclic) bond motifs is 8. The molecule has 1 nitrogen and oxygen atoms in total. The van der Waals surface area contributed by atoms with E-state index in [9.17, 15) is 0 Å². The fourth-order valence-electron chi connectivity index (χ4n) is 6.40. The number of benzene rings is 7. The Morgan fingerprint density at radius 3 is 1.79 bits per heavy atom. The minimum Gasteiger partial charge on any atom is -0.310 e. The lowest BCUT2D eigenvalue weighted by atomic mass is 9.98. The molecule has 9 rings (SSSR count). The molecule has 0 aliphatic heterocycles. The Bertz CT molecular complexity index is 2450. The van der Waals surface area contributed by atoms with Crippen LogP contribution < -0.4 is 4.90 Å². The number of hydrogen-bond acceptors (Lipinski definition) is 3. The van der Waals surface area contributed by atoms with Crippen molar-refractivity contribution in [3.05, 3.63) is 152 Å². The summed E-state index contributed by atoms with van der Waals surface area (Å²) < 4.78 is 5.32. The maximum Gasteiger partial charge on any atom is 0.0476 e. The highest BCUT2D eigenvalue weighted by Crippen LogP contribution is 2.42. The van der Waals surface area contributed by atoms with Gasteiger partial charge in [0.1, 0.15) is 0 Å². The highest BCUT2D eigenvalue weighted by molar-refractivity contribution is 7.26. The molecule has 0 amide bonds. The van der Waals surface area contributed by atoms with Crippen molar-refractivity contribution in [2.45, 2.75) is 0 Å². The summed E-state index contributed by atoms with van der Waals surface area (Å²) in [4.78, 5) is 2.36. The topological polar surface area (TPSA) is 3.24 Å². The molecule has 0 aliphatic rings. The van der Waals surface area contributed by atoms with Crippen LogP contribution in [0.3, 0.4) is 0 Å². The number of anilines is 3. The summed E-state index contributed by atoms with van der Waals surface area (Å²) in [6.07, 6.45) is 0. The van der Waals surface area contributed by atoms with E-state index in [4.69, 9.17) is 0 Å². The highest BCUT2D eigenvalue weighted by atomic mass is 32.1. The second kappa shape index (κ2) is 9.81. The average molecular weight is 584 g/mol. The van der Waals surface area contributed by atoms with E-state index < -0.39 is 0 Å². The van der Waals surface area contributed by atoms with E-state index in [2.05, 4.69) is 157 Å². The molecule has 3 heteroatoms. The first-order valence-electron chi connectivity index (χ1n) is 14.5. The number of thiophene rings is 2. The summed E-state index contributed by atoms with van der Waals surface area (Å²) >= 11 is 3.74. The fraction of sp³-hybridized carbons (Fsp3) is 0. The number of para-hydroxylation sites is 1. The predicted octanol–water partition coefficient (Wildman–Crippen LogP) is 12.7. The molecule has 7 aromatic carbocycles. The Hall–Kier alpha value is -4.96. The molecule has 202 valence electrons. The monoisotopic (exact) mass is 583 g/mol. The molecule has 0 atom stereocenters. The maximum atomic E-state index is 2.37. The van der Waals surface area contributed by atoms with Gasteiger partial charge in [0.05, 0.1) is 0 Å². The van der Waals surface area contributed by atoms with Crippen molar-refractivity contribution in [3.8, 4) is 11.1 Å². The smallest absolute Gasteiger partial charge is 0.0476 e. The van der Waals surface area contributed by atoms with Crippen molar-refractivity contribution >= 4 is 90.9 Å². The molecule has 0 radical (unpaired) electrons. The minimum atomic E-state index is 1.14. The molecule has 0 saturated heterocycles. The Balaban J connectivity index is 1.15. The van der Waals surface area contributed by atoms with Gasteiger partial charge < -0.3 is 4.90 Å². The van der Waals surface area contributed by atoms with Crippen LogP contribution >= 0.6 is 22.7 Å². The van der Waals surface area contributed by atoms with Crippen LogP contribution in [0.25, 0.3) is 62.2 Å². The lowest BCUT2D eigenvalue weighted by Gasteiger charge is -2.25. The van der Waals surface area contributed by atoms with Gasteiger partial charge in [-0.3, -0.25) is 0 Å². The number of nitrogens with zero attached hydrogens (tertiary/aromatic N) is 1. The summed E-state index contributed by atoms with van der Waals surface area (Å²) in [5, 5.41) is 7.95. The van der Waals surface area contributed by atoms with Crippen LogP contribution in [-0.2, 0) is 0 Å². The molecule has 2 heterocycles. The summed E-state index contributed by atoms with van der Waals surface area (Å²) in [6, 6.07) is 55.4.